The summed E-state index contributed by atoms with van der Waals surface area (Å²) in [6.07, 6.45) is 2.69. The minimum Gasteiger partial charge on any atom is -0.323 e. The average Bonchev–Trinajstić information content (AvgIpc) is 2.46. The van der Waals surface area contributed by atoms with Crippen molar-refractivity contribution in [2.24, 2.45) is 0 Å². The number of amides is 1. The summed E-state index contributed by atoms with van der Waals surface area (Å²) in [6, 6.07) is 10.4. The van der Waals surface area contributed by atoms with Crippen molar-refractivity contribution in [1.82, 2.24) is 4.90 Å². The Morgan fingerprint density at radius 1 is 1.22 bits per heavy atom. The van der Waals surface area contributed by atoms with Crippen molar-refractivity contribution in [2.45, 2.75) is 25.3 Å². The maximum Gasteiger partial charge on any atom is 0.254 e. The lowest BCUT2D eigenvalue weighted by Gasteiger charge is -2.31. The molecule has 1 aromatic carbocycles. The number of benzene rings is 1. The molecule has 1 aliphatic heterocycles. The van der Waals surface area contributed by atoms with Gasteiger partial charge in [-0.2, -0.15) is 10.5 Å². The van der Waals surface area contributed by atoms with Crippen LogP contribution >= 0.6 is 0 Å². The minimum absolute atomic E-state index is 0.120. The predicted octanol–water partition coefficient (Wildman–Crippen LogP) is 2.08. The van der Waals surface area contributed by atoms with Crippen LogP contribution in [-0.2, 0) is 0 Å². The molecule has 0 N–H and O–H groups in total. The number of hydrogen-bond acceptors (Lipinski definition) is 3. The van der Waals surface area contributed by atoms with Crippen LogP contribution in [0.3, 0.4) is 0 Å². The molecule has 1 fully saturated rings. The second kappa shape index (κ2) is 5.33. The third kappa shape index (κ3) is 2.33. The molecule has 0 bridgehead atoms. The second-order valence-electron chi connectivity index (χ2n) is 4.33. The van der Waals surface area contributed by atoms with E-state index in [1.165, 1.54) is 0 Å². The van der Waals surface area contributed by atoms with Crippen LogP contribution in [-0.4, -0.2) is 23.4 Å². The van der Waals surface area contributed by atoms with Crippen LogP contribution in [0.15, 0.2) is 24.3 Å². The molecular formula is C14H13N3O. The summed E-state index contributed by atoms with van der Waals surface area (Å²) < 4.78 is 0. The smallest absolute Gasteiger partial charge is 0.254 e. The fourth-order valence-corrected chi connectivity index (χ4v) is 2.16. The quantitative estimate of drug-likeness (QED) is 0.753. The van der Waals surface area contributed by atoms with Gasteiger partial charge in [-0.1, -0.05) is 0 Å². The predicted molar refractivity (Wildman–Crippen MR) is 65.4 cm³/mol. The number of carbonyl (C=O) groups is 1. The zero-order valence-corrected chi connectivity index (χ0v) is 9.97. The highest BCUT2D eigenvalue weighted by molar-refractivity contribution is 5.94. The number of likely N-dealkylation sites (tertiary alicyclic amines) is 1. The average molecular weight is 239 g/mol. The summed E-state index contributed by atoms with van der Waals surface area (Å²) in [7, 11) is 0. The van der Waals surface area contributed by atoms with Crippen LogP contribution < -0.4 is 0 Å². The summed E-state index contributed by atoms with van der Waals surface area (Å²) >= 11 is 0. The fraction of sp³-hybridized carbons (Fsp3) is 0.357. The van der Waals surface area contributed by atoms with E-state index in [2.05, 4.69) is 6.07 Å². The Kier molecular flexibility index (Phi) is 3.60. The number of rotatable bonds is 1. The van der Waals surface area contributed by atoms with Crippen molar-refractivity contribution in [2.75, 3.05) is 6.54 Å². The van der Waals surface area contributed by atoms with Gasteiger partial charge < -0.3 is 4.90 Å². The van der Waals surface area contributed by atoms with Crippen molar-refractivity contribution >= 4 is 5.91 Å². The first kappa shape index (κ1) is 12.1. The summed E-state index contributed by atoms with van der Waals surface area (Å²) in [6.45, 7) is 0.636. The lowest BCUT2D eigenvalue weighted by atomic mass is 10.0. The van der Waals surface area contributed by atoms with Gasteiger partial charge in [-0.3, -0.25) is 4.79 Å². The molecule has 0 aromatic heterocycles. The van der Waals surface area contributed by atoms with E-state index in [-0.39, 0.29) is 11.9 Å². The van der Waals surface area contributed by atoms with Crippen LogP contribution in [0.5, 0.6) is 0 Å². The first-order chi connectivity index (χ1) is 8.76. The first-order valence-electron chi connectivity index (χ1n) is 5.97. The zero-order chi connectivity index (χ0) is 13.0. The zero-order valence-electron chi connectivity index (χ0n) is 9.97. The van der Waals surface area contributed by atoms with Gasteiger partial charge in [-0.25, -0.2) is 0 Å². The van der Waals surface area contributed by atoms with E-state index in [1.807, 2.05) is 6.07 Å². The molecule has 90 valence electrons. The molecule has 0 aliphatic carbocycles. The Balaban J connectivity index is 2.19. The van der Waals surface area contributed by atoms with Gasteiger partial charge >= 0.3 is 0 Å². The van der Waals surface area contributed by atoms with Crippen molar-refractivity contribution in [3.63, 3.8) is 0 Å². The number of carbonyl (C=O) groups excluding carboxylic acids is 1. The number of piperidine rings is 1. The molecule has 1 atom stereocenters. The van der Waals surface area contributed by atoms with E-state index in [9.17, 15) is 4.79 Å². The third-order valence-corrected chi connectivity index (χ3v) is 3.17. The van der Waals surface area contributed by atoms with E-state index in [0.29, 0.717) is 17.7 Å². The second-order valence-corrected chi connectivity index (χ2v) is 4.33. The van der Waals surface area contributed by atoms with Gasteiger partial charge in [0.25, 0.3) is 5.91 Å². The highest BCUT2D eigenvalue weighted by Crippen LogP contribution is 2.19. The Bertz CT molecular complexity index is 521. The number of nitrogens with zero attached hydrogens (tertiary/aromatic N) is 3. The molecule has 0 spiro atoms. The molecule has 0 saturated carbocycles. The van der Waals surface area contributed by atoms with E-state index in [4.69, 9.17) is 10.5 Å². The van der Waals surface area contributed by atoms with Crippen LogP contribution in [0.25, 0.3) is 0 Å². The highest BCUT2D eigenvalue weighted by Gasteiger charge is 2.27. The summed E-state index contributed by atoms with van der Waals surface area (Å²) in [5.74, 6) is -0.120. The Morgan fingerprint density at radius 3 is 2.56 bits per heavy atom. The Labute approximate surface area is 106 Å². The molecular weight excluding hydrogens is 226 g/mol. The topological polar surface area (TPSA) is 67.9 Å². The van der Waals surface area contributed by atoms with Gasteiger partial charge in [0.2, 0.25) is 0 Å². The van der Waals surface area contributed by atoms with Gasteiger partial charge in [0.1, 0.15) is 6.04 Å². The molecule has 1 heterocycles. The molecule has 2 rings (SSSR count). The number of nitriles is 2. The normalized spacial score (nSPS) is 18.8. The summed E-state index contributed by atoms with van der Waals surface area (Å²) in [5.41, 5.74) is 1.07. The van der Waals surface area contributed by atoms with Crippen LogP contribution in [0, 0.1) is 22.7 Å². The van der Waals surface area contributed by atoms with Gasteiger partial charge in [0.15, 0.2) is 0 Å². The molecule has 1 aromatic rings. The molecule has 4 heteroatoms. The largest absolute Gasteiger partial charge is 0.323 e. The van der Waals surface area contributed by atoms with E-state index in [0.717, 1.165) is 19.3 Å². The molecule has 1 amide bonds. The standard InChI is InChI=1S/C14H13N3O/c15-9-11-4-6-12(7-5-11)14(18)17-8-2-1-3-13(17)10-16/h4-7,13H,1-3,8H2. The van der Waals surface area contributed by atoms with Gasteiger partial charge in [-0.15, -0.1) is 0 Å². The van der Waals surface area contributed by atoms with Gasteiger partial charge in [0, 0.05) is 12.1 Å². The van der Waals surface area contributed by atoms with Crippen LogP contribution in [0.1, 0.15) is 35.2 Å². The third-order valence-electron chi connectivity index (χ3n) is 3.17. The molecule has 4 nitrogen and oxygen atoms in total. The summed E-state index contributed by atoms with van der Waals surface area (Å²) in [4.78, 5) is 13.9. The maximum atomic E-state index is 12.3. The Hall–Kier alpha value is -2.33. The van der Waals surface area contributed by atoms with Gasteiger partial charge in [-0.05, 0) is 43.5 Å². The van der Waals surface area contributed by atoms with Gasteiger partial charge in [0.05, 0.1) is 17.7 Å². The van der Waals surface area contributed by atoms with E-state index in [1.54, 1.807) is 29.2 Å². The lowest BCUT2D eigenvalue weighted by Crippen LogP contribution is -2.42. The van der Waals surface area contributed by atoms with Crippen molar-refractivity contribution < 1.29 is 4.79 Å². The van der Waals surface area contributed by atoms with E-state index >= 15 is 0 Å². The van der Waals surface area contributed by atoms with Crippen molar-refractivity contribution in [1.29, 1.82) is 10.5 Å². The minimum atomic E-state index is -0.318. The highest BCUT2D eigenvalue weighted by atomic mass is 16.2. The summed E-state index contributed by atoms with van der Waals surface area (Å²) in [5, 5.41) is 17.8. The fourth-order valence-electron chi connectivity index (χ4n) is 2.16. The number of hydrogen-bond donors (Lipinski definition) is 0. The lowest BCUT2D eigenvalue weighted by molar-refractivity contribution is 0.0670. The van der Waals surface area contributed by atoms with Crippen LogP contribution in [0.2, 0.25) is 0 Å². The SMILES string of the molecule is N#Cc1ccc(C(=O)N2CCCCC2C#N)cc1. The van der Waals surface area contributed by atoms with Crippen molar-refractivity contribution in [3.8, 4) is 12.1 Å². The molecule has 1 unspecified atom stereocenters. The van der Waals surface area contributed by atoms with E-state index < -0.39 is 0 Å². The molecule has 1 aliphatic rings. The molecule has 18 heavy (non-hydrogen) atoms. The van der Waals surface area contributed by atoms with Crippen LogP contribution in [0.4, 0.5) is 0 Å². The van der Waals surface area contributed by atoms with Crippen molar-refractivity contribution in [3.05, 3.63) is 35.4 Å². The molecule has 0 radical (unpaired) electrons. The maximum absolute atomic E-state index is 12.3. The monoisotopic (exact) mass is 239 g/mol. The molecule has 1 saturated heterocycles. The Morgan fingerprint density at radius 2 is 1.94 bits per heavy atom. The first-order valence-corrected chi connectivity index (χ1v) is 5.97.